The van der Waals surface area contributed by atoms with Crippen molar-refractivity contribution in [3.8, 4) is 0 Å². The fraction of sp³-hybridized carbons (Fsp3) is 0.364. The highest BCUT2D eigenvalue weighted by Crippen LogP contribution is 2.24. The second-order valence-corrected chi connectivity index (χ2v) is 4.73. The van der Waals surface area contributed by atoms with Gasteiger partial charge in [0.1, 0.15) is 10.3 Å². The van der Waals surface area contributed by atoms with E-state index in [0.717, 1.165) is 10.7 Å². The van der Waals surface area contributed by atoms with Gasteiger partial charge in [-0.15, -0.1) is 0 Å². The fourth-order valence-corrected chi connectivity index (χ4v) is 2.27. The van der Waals surface area contributed by atoms with E-state index in [1.54, 1.807) is 26.2 Å². The lowest BCUT2D eigenvalue weighted by molar-refractivity contribution is -0.142. The molecular formula is C11H13N3O2S. The number of thioether (sulfide) groups is 1. The first-order valence-electron chi connectivity index (χ1n) is 5.33. The van der Waals surface area contributed by atoms with Gasteiger partial charge in [-0.2, -0.15) is 0 Å². The summed E-state index contributed by atoms with van der Waals surface area (Å²) < 4.78 is 6.82. The van der Waals surface area contributed by atoms with E-state index in [-0.39, 0.29) is 11.2 Å². The third-order valence-electron chi connectivity index (χ3n) is 2.19. The first-order valence-corrected chi connectivity index (χ1v) is 6.21. The summed E-state index contributed by atoms with van der Waals surface area (Å²) in [6.45, 7) is 3.99. The molecule has 0 saturated carbocycles. The van der Waals surface area contributed by atoms with Gasteiger partial charge in [-0.05, 0) is 13.8 Å². The van der Waals surface area contributed by atoms with E-state index in [0.29, 0.717) is 6.61 Å². The molecule has 2 aromatic rings. The molecule has 0 radical (unpaired) electrons. The average molecular weight is 251 g/mol. The molecule has 0 aliphatic rings. The van der Waals surface area contributed by atoms with Crippen molar-refractivity contribution >= 4 is 23.4 Å². The van der Waals surface area contributed by atoms with Gasteiger partial charge in [0.2, 0.25) is 0 Å². The standard InChI is InChI=1S/C11H13N3O2S/c1-3-16-11(15)8(2)17-10-9-12-4-6-14(9)7-5-13-10/h4-8H,3H2,1-2H3. The summed E-state index contributed by atoms with van der Waals surface area (Å²) in [7, 11) is 0. The summed E-state index contributed by atoms with van der Waals surface area (Å²) in [6.07, 6.45) is 7.06. The highest BCUT2D eigenvalue weighted by atomic mass is 32.2. The Hall–Kier alpha value is -1.56. The number of fused-ring (bicyclic) bond motifs is 1. The summed E-state index contributed by atoms with van der Waals surface area (Å²) in [4.78, 5) is 20.0. The lowest BCUT2D eigenvalue weighted by Gasteiger charge is -2.09. The molecule has 0 bridgehead atoms. The number of carbonyl (C=O) groups excluding carboxylic acids is 1. The molecule has 0 aromatic carbocycles. The molecule has 0 aliphatic carbocycles. The zero-order chi connectivity index (χ0) is 12.3. The van der Waals surface area contributed by atoms with Crippen molar-refractivity contribution in [1.29, 1.82) is 0 Å². The molecule has 0 fully saturated rings. The molecule has 90 valence electrons. The fourth-order valence-electron chi connectivity index (χ4n) is 1.39. The number of aromatic nitrogens is 3. The number of hydrogen-bond acceptors (Lipinski definition) is 5. The molecule has 2 rings (SSSR count). The summed E-state index contributed by atoms with van der Waals surface area (Å²) in [5.41, 5.74) is 0.758. The van der Waals surface area contributed by atoms with Crippen LogP contribution in [0.25, 0.3) is 5.65 Å². The minimum atomic E-state index is -0.287. The van der Waals surface area contributed by atoms with E-state index in [1.807, 2.05) is 16.8 Å². The first-order chi connectivity index (χ1) is 8.22. The lowest BCUT2D eigenvalue weighted by atomic mass is 10.5. The molecule has 0 aliphatic heterocycles. The van der Waals surface area contributed by atoms with Gasteiger partial charge in [0.15, 0.2) is 5.65 Å². The maximum absolute atomic E-state index is 11.5. The third kappa shape index (κ3) is 2.58. The zero-order valence-electron chi connectivity index (χ0n) is 9.66. The maximum atomic E-state index is 11.5. The van der Waals surface area contributed by atoms with Gasteiger partial charge in [-0.3, -0.25) is 4.79 Å². The number of imidazole rings is 1. The van der Waals surface area contributed by atoms with E-state index in [2.05, 4.69) is 9.97 Å². The van der Waals surface area contributed by atoms with Gasteiger partial charge in [0, 0.05) is 24.8 Å². The van der Waals surface area contributed by atoms with E-state index >= 15 is 0 Å². The van der Waals surface area contributed by atoms with Crippen LogP contribution < -0.4 is 0 Å². The van der Waals surface area contributed by atoms with Crippen molar-refractivity contribution < 1.29 is 9.53 Å². The molecule has 17 heavy (non-hydrogen) atoms. The number of hydrogen-bond donors (Lipinski definition) is 0. The van der Waals surface area contributed by atoms with Gasteiger partial charge in [0.05, 0.1) is 6.61 Å². The van der Waals surface area contributed by atoms with E-state index in [4.69, 9.17) is 4.74 Å². The van der Waals surface area contributed by atoms with Crippen LogP contribution in [0.3, 0.4) is 0 Å². The molecule has 5 nitrogen and oxygen atoms in total. The summed E-state index contributed by atoms with van der Waals surface area (Å²) in [6, 6.07) is 0. The van der Waals surface area contributed by atoms with Crippen molar-refractivity contribution in [2.24, 2.45) is 0 Å². The Balaban J connectivity index is 2.18. The van der Waals surface area contributed by atoms with Crippen LogP contribution in [0.1, 0.15) is 13.8 Å². The predicted molar refractivity (Wildman–Crippen MR) is 64.9 cm³/mol. The molecular weight excluding hydrogens is 238 g/mol. The summed E-state index contributed by atoms with van der Waals surface area (Å²) >= 11 is 1.36. The smallest absolute Gasteiger partial charge is 0.319 e. The Morgan fingerprint density at radius 3 is 2.88 bits per heavy atom. The number of nitrogens with zero attached hydrogens (tertiary/aromatic N) is 3. The number of ether oxygens (including phenoxy) is 1. The second kappa shape index (κ2) is 5.18. The lowest BCUT2D eigenvalue weighted by Crippen LogP contribution is -2.17. The van der Waals surface area contributed by atoms with Crippen molar-refractivity contribution in [2.75, 3.05) is 6.61 Å². The van der Waals surface area contributed by atoms with Crippen LogP contribution in [-0.2, 0) is 9.53 Å². The molecule has 0 saturated heterocycles. The van der Waals surface area contributed by atoms with Gasteiger partial charge < -0.3 is 9.14 Å². The van der Waals surface area contributed by atoms with Crippen molar-refractivity contribution in [3.63, 3.8) is 0 Å². The Morgan fingerprint density at radius 2 is 2.18 bits per heavy atom. The molecule has 6 heteroatoms. The van der Waals surface area contributed by atoms with Crippen LogP contribution in [0.5, 0.6) is 0 Å². The molecule has 2 heterocycles. The van der Waals surface area contributed by atoms with Crippen LogP contribution in [0, 0.1) is 0 Å². The van der Waals surface area contributed by atoms with Crippen LogP contribution in [0.4, 0.5) is 0 Å². The molecule has 0 N–H and O–H groups in total. The van der Waals surface area contributed by atoms with Crippen LogP contribution >= 0.6 is 11.8 Å². The van der Waals surface area contributed by atoms with E-state index < -0.39 is 0 Å². The number of carbonyl (C=O) groups is 1. The summed E-state index contributed by atoms with van der Waals surface area (Å²) in [5.74, 6) is -0.229. The number of esters is 1. The predicted octanol–water partition coefficient (Wildman–Crippen LogP) is 1.77. The van der Waals surface area contributed by atoms with Gasteiger partial charge in [0.25, 0.3) is 0 Å². The topological polar surface area (TPSA) is 56.5 Å². The molecule has 2 aromatic heterocycles. The monoisotopic (exact) mass is 251 g/mol. The van der Waals surface area contributed by atoms with E-state index in [1.165, 1.54) is 11.8 Å². The highest BCUT2D eigenvalue weighted by Gasteiger charge is 2.18. The molecule has 0 spiro atoms. The Bertz CT molecular complexity index is 526. The summed E-state index contributed by atoms with van der Waals surface area (Å²) in [5, 5.41) is 0.448. The average Bonchev–Trinajstić information content (AvgIpc) is 2.78. The van der Waals surface area contributed by atoms with Crippen molar-refractivity contribution in [3.05, 3.63) is 24.8 Å². The second-order valence-electron chi connectivity index (χ2n) is 3.40. The highest BCUT2D eigenvalue weighted by molar-refractivity contribution is 8.00. The normalized spacial score (nSPS) is 12.6. The Labute approximate surface area is 103 Å². The maximum Gasteiger partial charge on any atom is 0.319 e. The van der Waals surface area contributed by atoms with Crippen LogP contribution in [-0.4, -0.2) is 32.2 Å². The zero-order valence-corrected chi connectivity index (χ0v) is 10.5. The largest absolute Gasteiger partial charge is 0.465 e. The van der Waals surface area contributed by atoms with E-state index in [9.17, 15) is 4.79 Å². The first kappa shape index (κ1) is 11.9. The van der Waals surface area contributed by atoms with Gasteiger partial charge in [-0.25, -0.2) is 9.97 Å². The molecule has 0 amide bonds. The van der Waals surface area contributed by atoms with Crippen molar-refractivity contribution in [2.45, 2.75) is 24.1 Å². The minimum Gasteiger partial charge on any atom is -0.465 e. The van der Waals surface area contributed by atoms with Crippen molar-refractivity contribution in [1.82, 2.24) is 14.4 Å². The Morgan fingerprint density at radius 1 is 1.47 bits per heavy atom. The van der Waals surface area contributed by atoms with Gasteiger partial charge >= 0.3 is 5.97 Å². The molecule has 1 unspecified atom stereocenters. The quantitative estimate of drug-likeness (QED) is 0.612. The molecule has 1 atom stereocenters. The minimum absolute atomic E-state index is 0.229. The number of rotatable bonds is 4. The van der Waals surface area contributed by atoms with Gasteiger partial charge in [-0.1, -0.05) is 11.8 Å². The third-order valence-corrected chi connectivity index (χ3v) is 3.24. The van der Waals surface area contributed by atoms with Crippen LogP contribution in [0.15, 0.2) is 29.8 Å². The Kier molecular flexibility index (Phi) is 3.63. The SMILES string of the molecule is CCOC(=O)C(C)Sc1nccn2ccnc12. The van der Waals surface area contributed by atoms with Crippen LogP contribution in [0.2, 0.25) is 0 Å².